The minimum absolute atomic E-state index is 0.00595. The number of aromatic nitrogens is 1. The van der Waals surface area contributed by atoms with Gasteiger partial charge in [0.2, 0.25) is 11.5 Å². The zero-order valence-corrected chi connectivity index (χ0v) is 19.9. The van der Waals surface area contributed by atoms with E-state index in [1.807, 2.05) is 0 Å². The summed E-state index contributed by atoms with van der Waals surface area (Å²) in [4.78, 5) is 22.0. The highest BCUT2D eigenvalue weighted by Gasteiger charge is 2.60. The van der Waals surface area contributed by atoms with Gasteiger partial charge in [0.25, 0.3) is 0 Å². The van der Waals surface area contributed by atoms with Crippen molar-refractivity contribution in [1.82, 2.24) is 15.4 Å². The second kappa shape index (κ2) is 9.10. The number of halogens is 8. The summed E-state index contributed by atoms with van der Waals surface area (Å²) in [5.74, 6) is -0.00868. The normalized spacial score (nSPS) is 21.6. The molecule has 0 bridgehead atoms. The van der Waals surface area contributed by atoms with Gasteiger partial charge in [0, 0.05) is 17.3 Å². The molecule has 1 aromatic carbocycles. The molecule has 2 aromatic rings. The van der Waals surface area contributed by atoms with Crippen molar-refractivity contribution >= 4 is 35.0 Å². The lowest BCUT2D eigenvalue weighted by atomic mass is 9.89. The Bertz CT molecular complexity index is 1200. The molecule has 1 atom stereocenters. The van der Waals surface area contributed by atoms with Crippen LogP contribution in [-0.2, 0) is 27.1 Å². The molecule has 0 radical (unpaired) electrons. The molecule has 14 heteroatoms. The Labute approximate surface area is 209 Å². The third-order valence-electron chi connectivity index (χ3n) is 5.83. The number of thioether (sulfide) groups is 1. The second-order valence-electron chi connectivity index (χ2n) is 8.27. The van der Waals surface area contributed by atoms with Gasteiger partial charge < -0.3 is 4.90 Å². The Kier molecular flexibility index (Phi) is 6.71. The standard InChI is InChI=1S/C22H17ClF7N3O2S/c1-36-9-18(34)33-10-19(24,11-33)17-5-2-12(8-31-17)16-7-20(35-32-16,22(28,29)30)13-3-4-15(23)14(6-13)21(25,26)27/h2-8,32H,9-11H2,1H3. The van der Waals surface area contributed by atoms with Crippen LogP contribution in [0, 0.1) is 0 Å². The summed E-state index contributed by atoms with van der Waals surface area (Å²) in [5, 5.41) is -0.761. The Morgan fingerprint density at radius 3 is 2.44 bits per heavy atom. The molecule has 194 valence electrons. The molecule has 1 unspecified atom stereocenters. The number of alkyl halides is 7. The molecule has 0 aliphatic carbocycles. The molecule has 5 nitrogen and oxygen atoms in total. The number of hydrogen-bond acceptors (Lipinski definition) is 5. The van der Waals surface area contributed by atoms with Crippen molar-refractivity contribution in [2.24, 2.45) is 0 Å². The predicted octanol–water partition coefficient (Wildman–Crippen LogP) is 5.46. The topological polar surface area (TPSA) is 54.5 Å². The lowest BCUT2D eigenvalue weighted by molar-refractivity contribution is -0.269. The Morgan fingerprint density at radius 1 is 1.19 bits per heavy atom. The molecular weight excluding hydrogens is 539 g/mol. The largest absolute Gasteiger partial charge is 0.428 e. The van der Waals surface area contributed by atoms with Gasteiger partial charge in [-0.1, -0.05) is 17.7 Å². The molecule has 3 heterocycles. The monoisotopic (exact) mass is 555 g/mol. The number of nitrogens with zero attached hydrogens (tertiary/aromatic N) is 2. The maximum Gasteiger partial charge on any atom is 0.428 e. The highest BCUT2D eigenvalue weighted by Crippen LogP contribution is 2.49. The minimum Gasteiger partial charge on any atom is -0.335 e. The first kappa shape index (κ1) is 26.6. The highest BCUT2D eigenvalue weighted by molar-refractivity contribution is 7.99. The van der Waals surface area contributed by atoms with E-state index in [-0.39, 0.29) is 47.8 Å². The number of carbonyl (C=O) groups excluding carboxylic acids is 1. The van der Waals surface area contributed by atoms with E-state index in [2.05, 4.69) is 10.5 Å². The van der Waals surface area contributed by atoms with Gasteiger partial charge in [0.05, 0.1) is 40.8 Å². The molecule has 4 rings (SSSR count). The van der Waals surface area contributed by atoms with Gasteiger partial charge in [0.15, 0.2) is 5.67 Å². The van der Waals surface area contributed by atoms with Crippen molar-refractivity contribution in [3.8, 4) is 0 Å². The van der Waals surface area contributed by atoms with E-state index < -0.39 is 39.8 Å². The molecule has 1 saturated heterocycles. The van der Waals surface area contributed by atoms with Gasteiger partial charge >= 0.3 is 12.4 Å². The highest BCUT2D eigenvalue weighted by atomic mass is 35.5. The fraction of sp³-hybridized carbons (Fsp3) is 0.364. The third-order valence-corrected chi connectivity index (χ3v) is 6.69. The van der Waals surface area contributed by atoms with Crippen LogP contribution >= 0.6 is 23.4 Å². The summed E-state index contributed by atoms with van der Waals surface area (Å²) in [6.07, 6.45) is -6.71. The van der Waals surface area contributed by atoms with Gasteiger partial charge in [0.1, 0.15) is 0 Å². The molecule has 2 aliphatic rings. The van der Waals surface area contributed by atoms with E-state index in [0.717, 1.165) is 12.3 Å². The molecule has 2 aliphatic heterocycles. The van der Waals surface area contributed by atoms with Gasteiger partial charge in [-0.25, -0.2) is 4.39 Å². The number of hydrogen-bond donors (Lipinski definition) is 1. The average Bonchev–Trinajstić information content (AvgIpc) is 3.24. The molecule has 1 aromatic heterocycles. The minimum atomic E-state index is -5.16. The first-order chi connectivity index (χ1) is 16.7. The second-order valence-corrected chi connectivity index (χ2v) is 9.54. The third kappa shape index (κ3) is 4.63. The van der Waals surface area contributed by atoms with Crippen LogP contribution in [0.3, 0.4) is 0 Å². The van der Waals surface area contributed by atoms with Gasteiger partial charge in [-0.15, -0.1) is 0 Å². The summed E-state index contributed by atoms with van der Waals surface area (Å²) >= 11 is 6.85. The van der Waals surface area contributed by atoms with Crippen LogP contribution in [-0.4, -0.2) is 47.1 Å². The molecule has 36 heavy (non-hydrogen) atoms. The zero-order chi connectivity index (χ0) is 26.5. The van der Waals surface area contributed by atoms with Crippen LogP contribution < -0.4 is 5.48 Å². The van der Waals surface area contributed by atoms with Crippen LogP contribution in [0.25, 0.3) is 5.70 Å². The van der Waals surface area contributed by atoms with Crippen molar-refractivity contribution in [1.29, 1.82) is 0 Å². The van der Waals surface area contributed by atoms with Crippen molar-refractivity contribution in [2.45, 2.75) is 23.6 Å². The molecule has 1 fully saturated rings. The predicted molar refractivity (Wildman–Crippen MR) is 118 cm³/mol. The van der Waals surface area contributed by atoms with E-state index in [1.165, 1.54) is 28.8 Å². The fourth-order valence-electron chi connectivity index (χ4n) is 3.89. The summed E-state index contributed by atoms with van der Waals surface area (Å²) in [6.45, 7) is -0.393. The van der Waals surface area contributed by atoms with E-state index in [1.54, 1.807) is 6.26 Å². The van der Waals surface area contributed by atoms with Crippen LogP contribution in [0.2, 0.25) is 5.02 Å². The van der Waals surface area contributed by atoms with Crippen LogP contribution in [0.1, 0.15) is 22.4 Å². The number of hydroxylamine groups is 1. The van der Waals surface area contributed by atoms with E-state index in [0.29, 0.717) is 12.1 Å². The lowest BCUT2D eigenvalue weighted by Gasteiger charge is -2.43. The van der Waals surface area contributed by atoms with E-state index >= 15 is 4.39 Å². The Morgan fingerprint density at radius 2 is 1.89 bits per heavy atom. The fourth-order valence-corrected chi connectivity index (χ4v) is 4.54. The molecule has 1 N–H and O–H groups in total. The van der Waals surface area contributed by atoms with Gasteiger partial charge in [-0.2, -0.15) is 38.1 Å². The quantitative estimate of drug-likeness (QED) is 0.497. The van der Waals surface area contributed by atoms with Crippen LogP contribution in [0.4, 0.5) is 30.7 Å². The van der Waals surface area contributed by atoms with Gasteiger partial charge in [-0.3, -0.25) is 20.1 Å². The number of benzene rings is 1. The molecule has 0 spiro atoms. The SMILES string of the molecule is CSCC(=O)N1CC(F)(c2ccc(C3=CC(c4ccc(Cl)c(C(F)(F)F)c4)(C(F)(F)F)ON3)cn2)C1. The summed E-state index contributed by atoms with van der Waals surface area (Å²) < 4.78 is 97.2. The first-order valence-corrected chi connectivity index (χ1v) is 12.0. The van der Waals surface area contributed by atoms with E-state index in [9.17, 15) is 31.1 Å². The average molecular weight is 556 g/mol. The maximum absolute atomic E-state index is 15.1. The molecular formula is C22H17ClF7N3O2S. The number of likely N-dealkylation sites (tertiary alicyclic amines) is 1. The Hall–Kier alpha value is -2.51. The molecule has 1 amide bonds. The van der Waals surface area contributed by atoms with Crippen LogP contribution in [0.5, 0.6) is 0 Å². The number of nitrogens with one attached hydrogen (secondary N) is 1. The number of amides is 1. The number of rotatable bonds is 5. The summed E-state index contributed by atoms with van der Waals surface area (Å²) in [5.41, 5.74) is -5.49. The zero-order valence-electron chi connectivity index (χ0n) is 18.3. The maximum atomic E-state index is 15.1. The summed E-state index contributed by atoms with van der Waals surface area (Å²) in [6, 6.07) is 4.36. The lowest BCUT2D eigenvalue weighted by Crippen LogP contribution is -2.59. The van der Waals surface area contributed by atoms with Crippen LogP contribution in [0.15, 0.2) is 42.6 Å². The Balaban J connectivity index is 1.62. The first-order valence-electron chi connectivity index (χ1n) is 10.2. The summed E-state index contributed by atoms with van der Waals surface area (Å²) in [7, 11) is 0. The van der Waals surface area contributed by atoms with Crippen molar-refractivity contribution in [3.63, 3.8) is 0 Å². The smallest absolute Gasteiger partial charge is 0.335 e. The van der Waals surface area contributed by atoms with Crippen molar-refractivity contribution in [3.05, 3.63) is 70.0 Å². The van der Waals surface area contributed by atoms with Crippen molar-refractivity contribution in [2.75, 3.05) is 25.1 Å². The molecule has 0 saturated carbocycles. The van der Waals surface area contributed by atoms with E-state index in [4.69, 9.17) is 16.4 Å². The van der Waals surface area contributed by atoms with Crippen molar-refractivity contribution < 1.29 is 40.4 Å². The number of pyridine rings is 1. The number of carbonyl (C=O) groups is 1. The van der Waals surface area contributed by atoms with Gasteiger partial charge in [-0.05, 0) is 36.6 Å².